The van der Waals surface area contributed by atoms with Crippen molar-refractivity contribution in [2.24, 2.45) is 0 Å². The van der Waals surface area contributed by atoms with Gasteiger partial charge in [0.2, 0.25) is 5.91 Å². The number of likely N-dealkylation sites (tertiary alicyclic amines) is 1. The summed E-state index contributed by atoms with van der Waals surface area (Å²) in [5.41, 5.74) is 2.29. The molecule has 0 spiro atoms. The zero-order valence-corrected chi connectivity index (χ0v) is 26.3. The van der Waals surface area contributed by atoms with E-state index in [0.717, 1.165) is 5.56 Å². The Labute approximate surface area is 275 Å². The lowest BCUT2D eigenvalue weighted by molar-refractivity contribution is -0.125. The lowest BCUT2D eigenvalue weighted by atomic mass is 10.00. The maximum Gasteiger partial charge on any atom is 0.258 e. The van der Waals surface area contributed by atoms with Gasteiger partial charge in [0.1, 0.15) is 17.7 Å². The number of amides is 3. The minimum absolute atomic E-state index is 0.0919. The lowest BCUT2D eigenvalue weighted by Crippen LogP contribution is -2.58. The number of aryl methyl sites for hydroxylation is 1. The van der Waals surface area contributed by atoms with Crippen molar-refractivity contribution in [3.05, 3.63) is 101 Å². The number of carbonyl (C=O) groups is 3. The lowest BCUT2D eigenvalue weighted by Gasteiger charge is -2.39. The predicted octanol–water partition coefficient (Wildman–Crippen LogP) is 4.09. The molecule has 0 aliphatic carbocycles. The molecule has 244 valence electrons. The number of methoxy groups -OCH3 is 1. The number of rotatable bonds is 3. The molecule has 4 aromatic rings. The van der Waals surface area contributed by atoms with Crippen LogP contribution in [0.1, 0.15) is 34.3 Å². The number of nitrogens with one attached hydrogen (secondary N) is 2. The van der Waals surface area contributed by atoms with Crippen LogP contribution in [0.5, 0.6) is 17.2 Å². The Morgan fingerprint density at radius 3 is 2.74 bits per heavy atom. The van der Waals surface area contributed by atoms with Gasteiger partial charge < -0.3 is 29.7 Å². The number of hydrogen-bond donors (Lipinski definition) is 2. The predicted molar refractivity (Wildman–Crippen MR) is 170 cm³/mol. The van der Waals surface area contributed by atoms with E-state index in [2.05, 4.69) is 15.7 Å². The monoisotopic (exact) mass is 661 g/mol. The third-order valence-electron chi connectivity index (χ3n) is 8.07. The summed E-state index contributed by atoms with van der Waals surface area (Å²) in [6, 6.07) is 15.7. The summed E-state index contributed by atoms with van der Waals surface area (Å²) >= 11 is 6.48. The van der Waals surface area contributed by atoms with E-state index < -0.39 is 23.9 Å². The number of fused-ring (bicyclic) bond motifs is 5. The smallest absolute Gasteiger partial charge is 0.258 e. The van der Waals surface area contributed by atoms with Gasteiger partial charge in [0.15, 0.2) is 18.1 Å². The Bertz CT molecular complexity index is 1780. The Kier molecular flexibility index (Phi) is 9.58. The van der Waals surface area contributed by atoms with E-state index in [4.69, 9.17) is 25.8 Å². The molecule has 6 rings (SSSR count). The highest BCUT2D eigenvalue weighted by molar-refractivity contribution is 6.33. The normalized spacial score (nSPS) is 18.7. The van der Waals surface area contributed by atoms with Crippen LogP contribution in [0.2, 0.25) is 5.02 Å². The molecule has 0 saturated carbocycles. The molecule has 3 amide bonds. The van der Waals surface area contributed by atoms with Crippen LogP contribution in [-0.2, 0) is 22.6 Å². The molecule has 2 aliphatic heterocycles. The second-order valence-electron chi connectivity index (χ2n) is 11.3. The number of nitrogens with zero attached hydrogens (tertiary/aromatic N) is 3. The fourth-order valence-corrected chi connectivity index (χ4v) is 5.90. The number of ether oxygens (including phenoxy) is 3. The van der Waals surface area contributed by atoms with E-state index >= 15 is 0 Å². The molecule has 2 N–H and O–H groups in total. The van der Waals surface area contributed by atoms with E-state index in [1.165, 1.54) is 19.2 Å². The number of carbonyl (C=O) groups excluding carboxylic acids is 3. The summed E-state index contributed by atoms with van der Waals surface area (Å²) in [6.45, 7) is 0.139. The van der Waals surface area contributed by atoms with Gasteiger partial charge in [-0.15, -0.1) is 0 Å². The minimum Gasteiger partial charge on any atom is -0.493 e. The first-order valence-electron chi connectivity index (χ1n) is 15.2. The Morgan fingerprint density at radius 1 is 1.06 bits per heavy atom. The molecule has 13 heteroatoms. The maximum atomic E-state index is 14.7. The first kappa shape index (κ1) is 31.9. The molecule has 1 aromatic heterocycles. The summed E-state index contributed by atoms with van der Waals surface area (Å²) in [7, 11) is 1.50. The van der Waals surface area contributed by atoms with Gasteiger partial charge in [0, 0.05) is 50.9 Å². The largest absolute Gasteiger partial charge is 0.493 e. The molecule has 1 fully saturated rings. The Morgan fingerprint density at radius 2 is 1.94 bits per heavy atom. The van der Waals surface area contributed by atoms with Crippen LogP contribution in [0.4, 0.5) is 4.39 Å². The standard InChI is InChI=1S/C34H33ClFN5O6/c1-45-30-7-3-21-4-8-32(42)37-18-22-13-23(36)16-25(14-22)47-29-9-12-40(19-28(29)39-33(43)20-46-31(30)15-21)34(44)26-17-24(5-6-27(26)35)41-11-2-10-38-41/h2-3,5-7,10-11,13-17,28-29H,4,8-9,12,18-20H2,1H3,(H,37,42)(H,39,43)/t28-,29-/m1/s1. The topological polar surface area (TPSA) is 124 Å². The maximum absolute atomic E-state index is 14.7. The van der Waals surface area contributed by atoms with Crippen molar-refractivity contribution < 1.29 is 33.0 Å². The van der Waals surface area contributed by atoms with Gasteiger partial charge in [0.05, 0.1) is 29.4 Å². The summed E-state index contributed by atoms with van der Waals surface area (Å²) in [5, 5.41) is 10.3. The van der Waals surface area contributed by atoms with E-state index in [-0.39, 0.29) is 60.8 Å². The zero-order valence-electron chi connectivity index (χ0n) is 25.6. The molecular weight excluding hydrogens is 629 g/mol. The van der Waals surface area contributed by atoms with Crippen LogP contribution in [0, 0.1) is 5.82 Å². The number of halogens is 2. The van der Waals surface area contributed by atoms with Gasteiger partial charge in [-0.05, 0) is 66.1 Å². The van der Waals surface area contributed by atoms with E-state index in [0.29, 0.717) is 35.6 Å². The number of hydrogen-bond acceptors (Lipinski definition) is 7. The van der Waals surface area contributed by atoms with Crippen LogP contribution in [-0.4, -0.2) is 71.4 Å². The fourth-order valence-electron chi connectivity index (χ4n) is 5.70. The molecule has 47 heavy (non-hydrogen) atoms. The molecule has 3 aromatic carbocycles. The second-order valence-corrected chi connectivity index (χ2v) is 11.7. The van der Waals surface area contributed by atoms with Crippen molar-refractivity contribution in [3.8, 4) is 22.9 Å². The third-order valence-corrected chi connectivity index (χ3v) is 8.40. The van der Waals surface area contributed by atoms with Crippen molar-refractivity contribution >= 4 is 29.3 Å². The average molecular weight is 662 g/mol. The van der Waals surface area contributed by atoms with E-state index in [1.54, 1.807) is 64.4 Å². The summed E-state index contributed by atoms with van der Waals surface area (Å²) < 4.78 is 33.8. The molecule has 3 heterocycles. The summed E-state index contributed by atoms with van der Waals surface area (Å²) in [6.07, 6.45) is 3.72. The molecule has 0 radical (unpaired) electrons. The third kappa shape index (κ3) is 7.66. The van der Waals surface area contributed by atoms with Crippen LogP contribution < -0.4 is 24.8 Å². The second kappa shape index (κ2) is 14.1. The van der Waals surface area contributed by atoms with Gasteiger partial charge in [-0.1, -0.05) is 17.7 Å². The highest BCUT2D eigenvalue weighted by Gasteiger charge is 2.35. The fraction of sp³-hybridized carbons (Fsp3) is 0.294. The minimum atomic E-state index is -0.685. The van der Waals surface area contributed by atoms with E-state index in [9.17, 15) is 18.8 Å². The summed E-state index contributed by atoms with van der Waals surface area (Å²) in [4.78, 5) is 41.3. The first-order chi connectivity index (χ1) is 22.7. The SMILES string of the molecule is COc1ccc2cc1OCC(=O)N[C@@H]1CN(C(=O)c3cc(-n4cccn4)ccc3Cl)CC[C@H]1Oc1cc(F)cc(c1)CNC(=O)CC2. The molecule has 2 atom stereocenters. The van der Waals surface area contributed by atoms with Gasteiger partial charge >= 0.3 is 0 Å². The van der Waals surface area contributed by atoms with Gasteiger partial charge in [-0.3, -0.25) is 14.4 Å². The van der Waals surface area contributed by atoms with Crippen LogP contribution in [0.15, 0.2) is 73.1 Å². The highest BCUT2D eigenvalue weighted by Crippen LogP contribution is 2.29. The summed E-state index contributed by atoms with van der Waals surface area (Å²) in [5.74, 6) is -0.478. The zero-order chi connectivity index (χ0) is 32.9. The van der Waals surface area contributed by atoms with Gasteiger partial charge in [0.25, 0.3) is 11.8 Å². The Hall–Kier alpha value is -5.10. The molecule has 11 nitrogen and oxygen atoms in total. The van der Waals surface area contributed by atoms with Crippen LogP contribution >= 0.6 is 11.6 Å². The van der Waals surface area contributed by atoms with Gasteiger partial charge in [-0.25, -0.2) is 9.07 Å². The number of piperidine rings is 1. The van der Waals surface area contributed by atoms with Gasteiger partial charge in [-0.2, -0.15) is 5.10 Å². The quantitative estimate of drug-likeness (QED) is 0.339. The van der Waals surface area contributed by atoms with Crippen LogP contribution in [0.25, 0.3) is 5.69 Å². The average Bonchev–Trinajstić information content (AvgIpc) is 3.61. The van der Waals surface area contributed by atoms with Crippen molar-refractivity contribution in [1.29, 1.82) is 0 Å². The molecule has 1 saturated heterocycles. The molecular formula is C34H33ClFN5O6. The molecule has 0 unspecified atom stereocenters. The van der Waals surface area contributed by atoms with Crippen molar-refractivity contribution in [2.45, 2.75) is 38.0 Å². The van der Waals surface area contributed by atoms with Crippen molar-refractivity contribution in [3.63, 3.8) is 0 Å². The van der Waals surface area contributed by atoms with Crippen LogP contribution in [0.3, 0.4) is 0 Å². The molecule has 4 bridgehead atoms. The number of aromatic nitrogens is 2. The highest BCUT2D eigenvalue weighted by atomic mass is 35.5. The Balaban J connectivity index is 1.27. The van der Waals surface area contributed by atoms with E-state index in [1.807, 2.05) is 6.07 Å². The van der Waals surface area contributed by atoms with Crippen molar-refractivity contribution in [2.75, 3.05) is 26.8 Å². The van der Waals surface area contributed by atoms with Crippen molar-refractivity contribution in [1.82, 2.24) is 25.3 Å². The molecule has 2 aliphatic rings. The number of benzene rings is 3. The first-order valence-corrected chi connectivity index (χ1v) is 15.5.